The molecule has 0 saturated heterocycles. The Morgan fingerprint density at radius 2 is 1.41 bits per heavy atom. The molecule has 0 fully saturated rings. The molecule has 0 aliphatic heterocycles. The average Bonchev–Trinajstić information content (AvgIpc) is 2.58. The Balaban J connectivity index is 1.85. The van der Waals surface area contributed by atoms with Crippen molar-refractivity contribution in [2.24, 2.45) is 0 Å². The van der Waals surface area contributed by atoms with E-state index in [-0.39, 0.29) is 5.78 Å². The fraction of sp³-hybridized carbons (Fsp3) is 0. The third-order valence-electron chi connectivity index (χ3n) is 3.20. The number of carbonyl (C=O) groups excluding carboxylic acids is 1. The maximum atomic E-state index is 12.4. The Hall–Kier alpha value is -2.03. The molecule has 0 atom stereocenters. The first-order valence-corrected chi connectivity index (χ1v) is 8.06. The number of hydrogen-bond acceptors (Lipinski definition) is 2. The summed E-state index contributed by atoms with van der Waals surface area (Å²) in [5.74, 6) is -0.0150. The van der Waals surface area contributed by atoms with Crippen molar-refractivity contribution >= 4 is 29.1 Å². The smallest absolute Gasteiger partial charge is 0.193 e. The van der Waals surface area contributed by atoms with Gasteiger partial charge in [-0.15, -0.1) is 0 Å². The van der Waals surface area contributed by atoms with Crippen LogP contribution >= 0.6 is 23.4 Å². The van der Waals surface area contributed by atoms with E-state index in [2.05, 4.69) is 0 Å². The van der Waals surface area contributed by atoms with Gasteiger partial charge < -0.3 is 0 Å². The zero-order valence-electron chi connectivity index (χ0n) is 11.7. The first-order chi connectivity index (χ1) is 10.7. The highest BCUT2D eigenvalue weighted by molar-refractivity contribution is 7.99. The van der Waals surface area contributed by atoms with E-state index in [0.717, 1.165) is 9.79 Å². The molecule has 0 radical (unpaired) electrons. The Kier molecular flexibility index (Phi) is 4.62. The predicted octanol–water partition coefficient (Wildman–Crippen LogP) is 5.72. The van der Waals surface area contributed by atoms with E-state index < -0.39 is 0 Å². The summed E-state index contributed by atoms with van der Waals surface area (Å²) in [5, 5.41) is 0.593. The molecular formula is C19H13ClOS. The van der Waals surface area contributed by atoms with E-state index in [4.69, 9.17) is 11.6 Å². The molecule has 0 N–H and O–H groups in total. The van der Waals surface area contributed by atoms with Crippen LogP contribution in [0.3, 0.4) is 0 Å². The second-order valence-corrected chi connectivity index (χ2v) is 6.28. The molecule has 3 aromatic carbocycles. The van der Waals surface area contributed by atoms with Gasteiger partial charge in [-0.05, 0) is 30.3 Å². The minimum absolute atomic E-state index is 0.0150. The van der Waals surface area contributed by atoms with E-state index in [0.29, 0.717) is 16.1 Å². The molecule has 0 spiro atoms. The number of rotatable bonds is 4. The van der Waals surface area contributed by atoms with Crippen molar-refractivity contribution in [3.8, 4) is 0 Å². The minimum atomic E-state index is -0.0150. The summed E-state index contributed by atoms with van der Waals surface area (Å²) in [6.45, 7) is 0. The second-order valence-electron chi connectivity index (χ2n) is 4.76. The van der Waals surface area contributed by atoms with Gasteiger partial charge in [0, 0.05) is 20.9 Å². The van der Waals surface area contributed by atoms with Crippen LogP contribution in [0.4, 0.5) is 0 Å². The summed E-state index contributed by atoms with van der Waals surface area (Å²) >= 11 is 7.92. The van der Waals surface area contributed by atoms with Gasteiger partial charge >= 0.3 is 0 Å². The van der Waals surface area contributed by atoms with Crippen molar-refractivity contribution in [1.29, 1.82) is 0 Å². The van der Waals surface area contributed by atoms with Crippen LogP contribution in [0.5, 0.6) is 0 Å². The van der Waals surface area contributed by atoms with Gasteiger partial charge in [0.05, 0.1) is 5.02 Å². The summed E-state index contributed by atoms with van der Waals surface area (Å²) in [7, 11) is 0. The molecule has 0 unspecified atom stereocenters. The molecule has 3 aromatic rings. The predicted molar refractivity (Wildman–Crippen MR) is 91.9 cm³/mol. The van der Waals surface area contributed by atoms with Gasteiger partial charge in [-0.1, -0.05) is 71.9 Å². The monoisotopic (exact) mass is 324 g/mol. The minimum Gasteiger partial charge on any atom is -0.289 e. The third kappa shape index (κ3) is 3.41. The highest BCUT2D eigenvalue weighted by atomic mass is 35.5. The summed E-state index contributed by atoms with van der Waals surface area (Å²) in [6, 6.07) is 24.7. The zero-order chi connectivity index (χ0) is 15.4. The van der Waals surface area contributed by atoms with Crippen LogP contribution < -0.4 is 0 Å². The van der Waals surface area contributed by atoms with Gasteiger partial charge in [0.25, 0.3) is 0 Å². The lowest BCUT2D eigenvalue weighted by molar-refractivity contribution is 0.103. The summed E-state index contributed by atoms with van der Waals surface area (Å²) < 4.78 is 0. The Labute approximate surface area is 138 Å². The van der Waals surface area contributed by atoms with Crippen LogP contribution in [-0.4, -0.2) is 5.78 Å². The van der Waals surface area contributed by atoms with Gasteiger partial charge in [-0.3, -0.25) is 4.79 Å². The standard InChI is InChI=1S/C19H13ClOS/c20-17-13-15(19(21)14-7-3-1-4-8-14)11-12-18(17)22-16-9-5-2-6-10-16/h1-13H. The highest BCUT2D eigenvalue weighted by Gasteiger charge is 2.11. The van der Waals surface area contributed by atoms with Crippen molar-refractivity contribution < 1.29 is 4.79 Å². The number of carbonyl (C=O) groups is 1. The Bertz CT molecular complexity index is 785. The van der Waals surface area contributed by atoms with Crippen LogP contribution in [0.15, 0.2) is 88.7 Å². The lowest BCUT2D eigenvalue weighted by Crippen LogP contribution is -2.00. The van der Waals surface area contributed by atoms with Gasteiger partial charge in [0.1, 0.15) is 0 Å². The fourth-order valence-corrected chi connectivity index (χ4v) is 3.23. The Morgan fingerprint density at radius 3 is 2.05 bits per heavy atom. The van der Waals surface area contributed by atoms with Crippen molar-refractivity contribution in [3.63, 3.8) is 0 Å². The van der Waals surface area contributed by atoms with E-state index in [9.17, 15) is 4.79 Å². The fourth-order valence-electron chi connectivity index (χ4n) is 2.10. The zero-order valence-corrected chi connectivity index (χ0v) is 13.3. The normalized spacial score (nSPS) is 10.4. The van der Waals surface area contributed by atoms with Crippen molar-refractivity contribution in [3.05, 3.63) is 95.0 Å². The molecule has 0 aromatic heterocycles. The summed E-state index contributed by atoms with van der Waals surface area (Å²) in [4.78, 5) is 14.5. The molecule has 0 aliphatic carbocycles. The van der Waals surface area contributed by atoms with Crippen molar-refractivity contribution in [1.82, 2.24) is 0 Å². The lowest BCUT2D eigenvalue weighted by atomic mass is 10.0. The number of benzene rings is 3. The lowest BCUT2D eigenvalue weighted by Gasteiger charge is -2.07. The van der Waals surface area contributed by atoms with Crippen LogP contribution in [0.1, 0.15) is 15.9 Å². The van der Waals surface area contributed by atoms with E-state index >= 15 is 0 Å². The topological polar surface area (TPSA) is 17.1 Å². The Morgan fingerprint density at radius 1 is 0.773 bits per heavy atom. The third-order valence-corrected chi connectivity index (χ3v) is 4.71. The number of ketones is 1. The van der Waals surface area contributed by atoms with E-state index in [1.54, 1.807) is 17.8 Å². The molecule has 0 aliphatic rings. The molecule has 0 bridgehead atoms. The van der Waals surface area contributed by atoms with E-state index in [1.807, 2.05) is 72.8 Å². The first kappa shape index (κ1) is 14.9. The maximum absolute atomic E-state index is 12.4. The molecule has 3 heteroatoms. The van der Waals surface area contributed by atoms with Gasteiger partial charge in [0.2, 0.25) is 0 Å². The average molecular weight is 325 g/mol. The van der Waals surface area contributed by atoms with Crippen molar-refractivity contribution in [2.75, 3.05) is 0 Å². The highest BCUT2D eigenvalue weighted by Crippen LogP contribution is 2.34. The molecule has 108 valence electrons. The summed E-state index contributed by atoms with van der Waals surface area (Å²) in [6.07, 6.45) is 0. The largest absolute Gasteiger partial charge is 0.289 e. The molecular weight excluding hydrogens is 312 g/mol. The number of hydrogen-bond donors (Lipinski definition) is 0. The van der Waals surface area contributed by atoms with Crippen LogP contribution in [-0.2, 0) is 0 Å². The molecule has 0 heterocycles. The molecule has 0 amide bonds. The van der Waals surface area contributed by atoms with Gasteiger partial charge in [-0.25, -0.2) is 0 Å². The maximum Gasteiger partial charge on any atom is 0.193 e. The number of halogens is 1. The molecule has 22 heavy (non-hydrogen) atoms. The van der Waals surface area contributed by atoms with Crippen LogP contribution in [0.2, 0.25) is 5.02 Å². The summed E-state index contributed by atoms with van der Waals surface area (Å²) in [5.41, 5.74) is 1.27. The van der Waals surface area contributed by atoms with Gasteiger partial charge in [-0.2, -0.15) is 0 Å². The quantitative estimate of drug-likeness (QED) is 0.571. The molecule has 1 nitrogen and oxygen atoms in total. The SMILES string of the molecule is O=C(c1ccccc1)c1ccc(Sc2ccccc2)c(Cl)c1. The van der Waals surface area contributed by atoms with Crippen LogP contribution in [0, 0.1) is 0 Å². The molecule has 3 rings (SSSR count). The van der Waals surface area contributed by atoms with Crippen LogP contribution in [0.25, 0.3) is 0 Å². The second kappa shape index (κ2) is 6.82. The molecule has 0 saturated carbocycles. The van der Waals surface area contributed by atoms with Gasteiger partial charge in [0.15, 0.2) is 5.78 Å². The van der Waals surface area contributed by atoms with E-state index in [1.165, 1.54) is 0 Å². The van der Waals surface area contributed by atoms with Crippen molar-refractivity contribution in [2.45, 2.75) is 9.79 Å². The first-order valence-electron chi connectivity index (χ1n) is 6.86.